The zero-order chi connectivity index (χ0) is 18.9. The number of carbonyl (C=O) groups excluding carboxylic acids is 1. The summed E-state index contributed by atoms with van der Waals surface area (Å²) in [6, 6.07) is 4.96. The van der Waals surface area contributed by atoms with Crippen molar-refractivity contribution in [2.75, 3.05) is 6.54 Å². The Morgan fingerprint density at radius 2 is 2.23 bits per heavy atom. The van der Waals surface area contributed by atoms with Crippen molar-refractivity contribution in [2.45, 2.75) is 52.2 Å². The smallest absolute Gasteiger partial charge is 0.262 e. The van der Waals surface area contributed by atoms with Gasteiger partial charge in [-0.3, -0.25) is 14.2 Å². The number of carbonyl (C=O) groups is 1. The van der Waals surface area contributed by atoms with Crippen molar-refractivity contribution in [3.63, 3.8) is 0 Å². The van der Waals surface area contributed by atoms with Gasteiger partial charge in [0.1, 0.15) is 0 Å². The molecule has 3 rings (SSSR count). The fourth-order valence-corrected chi connectivity index (χ4v) is 3.98. The van der Waals surface area contributed by atoms with Crippen molar-refractivity contribution < 1.29 is 9.90 Å². The Morgan fingerprint density at radius 1 is 1.46 bits per heavy atom. The number of fused-ring (bicyclic) bond motifs is 1. The number of hydrogen-bond donors (Lipinski definition) is 3. The van der Waals surface area contributed by atoms with E-state index >= 15 is 0 Å². The van der Waals surface area contributed by atoms with Gasteiger partial charge in [-0.05, 0) is 50.2 Å². The molecule has 6 nitrogen and oxygen atoms in total. The number of H-pyrrole nitrogens is 1. The topological polar surface area (TPSA) is 87.1 Å². The molecule has 0 unspecified atom stereocenters. The number of amides is 1. The maximum atomic E-state index is 12.6. The minimum Gasteiger partial charge on any atom is -0.392 e. The molecule has 1 fully saturated rings. The summed E-state index contributed by atoms with van der Waals surface area (Å²) in [5, 5.41) is 13.7. The van der Waals surface area contributed by atoms with Gasteiger partial charge in [0.15, 0.2) is 4.77 Å². The van der Waals surface area contributed by atoms with Crippen molar-refractivity contribution in [2.24, 2.45) is 5.41 Å². The molecule has 1 aliphatic carbocycles. The highest BCUT2D eigenvalue weighted by Gasteiger charge is 2.35. The maximum Gasteiger partial charge on any atom is 0.262 e. The van der Waals surface area contributed by atoms with Gasteiger partial charge in [-0.15, -0.1) is 0 Å². The van der Waals surface area contributed by atoms with E-state index in [1.807, 2.05) is 13.8 Å². The van der Waals surface area contributed by atoms with E-state index < -0.39 is 6.10 Å². The molecule has 0 aliphatic heterocycles. The molecule has 1 heterocycles. The normalized spacial score (nSPS) is 23.1. The van der Waals surface area contributed by atoms with Crippen molar-refractivity contribution in [1.82, 2.24) is 14.9 Å². The van der Waals surface area contributed by atoms with Gasteiger partial charge >= 0.3 is 0 Å². The van der Waals surface area contributed by atoms with Crippen molar-refractivity contribution in [1.29, 1.82) is 0 Å². The van der Waals surface area contributed by atoms with E-state index in [2.05, 4.69) is 10.3 Å². The first-order chi connectivity index (χ1) is 12.4. The molecule has 26 heavy (non-hydrogen) atoms. The molecule has 1 aromatic heterocycles. The van der Waals surface area contributed by atoms with Crippen LogP contribution in [0.2, 0.25) is 0 Å². The van der Waals surface area contributed by atoms with Gasteiger partial charge in [0.05, 0.1) is 17.0 Å². The number of aliphatic hydroxyl groups excluding tert-OH is 1. The average Bonchev–Trinajstić information content (AvgIpc) is 2.62. The molecule has 1 aliphatic rings. The molecular weight excluding hydrogens is 350 g/mol. The van der Waals surface area contributed by atoms with E-state index in [9.17, 15) is 14.7 Å². The Bertz CT molecular complexity index is 949. The van der Waals surface area contributed by atoms with E-state index in [1.165, 1.54) is 4.57 Å². The Balaban J connectivity index is 1.83. The van der Waals surface area contributed by atoms with Crippen LogP contribution >= 0.6 is 12.2 Å². The molecule has 0 bridgehead atoms. The van der Waals surface area contributed by atoms with Crippen molar-refractivity contribution in [3.8, 4) is 0 Å². The number of nitrogens with one attached hydrogen (secondary N) is 2. The molecule has 3 N–H and O–H groups in total. The minimum atomic E-state index is -0.392. The third-order valence-electron chi connectivity index (χ3n) is 5.49. The summed E-state index contributed by atoms with van der Waals surface area (Å²) in [6.45, 7) is 4.80. The number of aromatic nitrogens is 2. The number of nitrogens with zero attached hydrogens (tertiary/aromatic N) is 1. The lowest BCUT2D eigenvalue weighted by molar-refractivity contribution is 0.00190. The van der Waals surface area contributed by atoms with Gasteiger partial charge in [-0.1, -0.05) is 19.8 Å². The lowest BCUT2D eigenvalue weighted by Crippen LogP contribution is -2.45. The Kier molecular flexibility index (Phi) is 5.29. The highest BCUT2D eigenvalue weighted by molar-refractivity contribution is 7.71. The van der Waals surface area contributed by atoms with Crippen molar-refractivity contribution >= 4 is 29.0 Å². The lowest BCUT2D eigenvalue weighted by atomic mass is 9.73. The fourth-order valence-electron chi connectivity index (χ4n) is 3.65. The molecule has 0 saturated heterocycles. The summed E-state index contributed by atoms with van der Waals surface area (Å²) >= 11 is 5.22. The lowest BCUT2D eigenvalue weighted by Gasteiger charge is -2.38. The van der Waals surface area contributed by atoms with E-state index in [4.69, 9.17) is 12.2 Å². The molecule has 1 amide bonds. The average molecular weight is 375 g/mol. The highest BCUT2D eigenvalue weighted by Crippen LogP contribution is 2.35. The number of rotatable bonds is 4. The van der Waals surface area contributed by atoms with Crippen LogP contribution in [0.1, 0.15) is 49.9 Å². The standard InChI is InChI=1S/C19H25N3O3S/c1-3-22-17(25)13-8-7-12(10-14(13)21-18(22)26)16(24)20-11-19(2)9-5-4-6-15(19)23/h7-8,10,15,23H,3-6,9,11H2,1-2H3,(H,20,24)(H,21,26)/t15-,19-/m0/s1. The molecule has 0 spiro atoms. The molecule has 140 valence electrons. The van der Waals surface area contributed by atoms with Gasteiger partial charge in [0.25, 0.3) is 11.5 Å². The first-order valence-electron chi connectivity index (χ1n) is 9.09. The summed E-state index contributed by atoms with van der Waals surface area (Å²) in [5.74, 6) is -0.218. The van der Waals surface area contributed by atoms with Crippen LogP contribution in [0.15, 0.2) is 23.0 Å². The molecule has 0 radical (unpaired) electrons. The number of aromatic amines is 1. The first-order valence-corrected chi connectivity index (χ1v) is 9.49. The first kappa shape index (κ1) is 18.8. The van der Waals surface area contributed by atoms with Crippen LogP contribution in [0.3, 0.4) is 0 Å². The van der Waals surface area contributed by atoms with Crippen LogP contribution in [-0.4, -0.2) is 33.2 Å². The largest absolute Gasteiger partial charge is 0.392 e. The zero-order valence-corrected chi connectivity index (χ0v) is 16.0. The number of benzene rings is 1. The van der Waals surface area contributed by atoms with E-state index in [1.54, 1.807) is 18.2 Å². The molecule has 2 atom stereocenters. The summed E-state index contributed by atoms with van der Waals surface area (Å²) in [4.78, 5) is 28.0. The summed E-state index contributed by atoms with van der Waals surface area (Å²) in [5.41, 5.74) is 0.572. The molecule has 7 heteroatoms. The maximum absolute atomic E-state index is 12.6. The second kappa shape index (κ2) is 7.32. The third-order valence-corrected chi connectivity index (χ3v) is 5.82. The van der Waals surface area contributed by atoms with Gasteiger partial charge in [0, 0.05) is 24.1 Å². The van der Waals surface area contributed by atoms with Gasteiger partial charge in [-0.2, -0.15) is 0 Å². The summed E-state index contributed by atoms with van der Waals surface area (Å²) in [6.07, 6.45) is 3.39. The monoisotopic (exact) mass is 375 g/mol. The number of aliphatic hydroxyl groups is 1. The predicted molar refractivity (Wildman–Crippen MR) is 104 cm³/mol. The van der Waals surface area contributed by atoms with Crippen LogP contribution in [-0.2, 0) is 6.54 Å². The highest BCUT2D eigenvalue weighted by atomic mass is 32.1. The summed E-state index contributed by atoms with van der Waals surface area (Å²) in [7, 11) is 0. The fraction of sp³-hybridized carbons (Fsp3) is 0.526. The second-order valence-corrected chi connectivity index (χ2v) is 7.72. The van der Waals surface area contributed by atoms with E-state index in [-0.39, 0.29) is 16.9 Å². The van der Waals surface area contributed by atoms with E-state index in [0.717, 1.165) is 25.7 Å². The van der Waals surface area contributed by atoms with Crippen molar-refractivity contribution in [3.05, 3.63) is 38.9 Å². The second-order valence-electron chi connectivity index (χ2n) is 7.34. The number of hydrogen-bond acceptors (Lipinski definition) is 4. The molecular formula is C19H25N3O3S. The van der Waals surface area contributed by atoms with Gasteiger partial charge in [0.2, 0.25) is 0 Å². The Hall–Kier alpha value is -1.99. The van der Waals surface area contributed by atoms with Crippen LogP contribution in [0.25, 0.3) is 10.9 Å². The quantitative estimate of drug-likeness (QED) is 0.717. The van der Waals surface area contributed by atoms with Gasteiger partial charge in [-0.25, -0.2) is 0 Å². The van der Waals surface area contributed by atoms with E-state index in [0.29, 0.717) is 34.3 Å². The third kappa shape index (κ3) is 3.46. The Labute approximate surface area is 157 Å². The van der Waals surface area contributed by atoms with Gasteiger partial charge < -0.3 is 15.4 Å². The Morgan fingerprint density at radius 3 is 2.92 bits per heavy atom. The molecule has 2 aromatic rings. The molecule has 1 aromatic carbocycles. The SMILES string of the molecule is CCn1c(=S)[nH]c2cc(C(=O)NC[C@]3(C)CCCC[C@@H]3O)ccc2c1=O. The zero-order valence-electron chi connectivity index (χ0n) is 15.2. The van der Waals surface area contributed by atoms with Crippen LogP contribution in [0.5, 0.6) is 0 Å². The van der Waals surface area contributed by atoms with Crippen LogP contribution in [0.4, 0.5) is 0 Å². The van der Waals surface area contributed by atoms with Crippen LogP contribution in [0, 0.1) is 10.2 Å². The molecule has 1 saturated carbocycles. The summed E-state index contributed by atoms with van der Waals surface area (Å²) < 4.78 is 1.84. The predicted octanol–water partition coefficient (Wildman–Crippen LogP) is 2.75. The minimum absolute atomic E-state index is 0.156. The van der Waals surface area contributed by atoms with Crippen LogP contribution < -0.4 is 10.9 Å².